The molecule has 0 spiro atoms. The van der Waals surface area contributed by atoms with Gasteiger partial charge in [-0.2, -0.15) is 10.4 Å². The molecule has 94 valence electrons. The van der Waals surface area contributed by atoms with E-state index in [0.29, 0.717) is 17.1 Å². The first kappa shape index (κ1) is 13.3. The van der Waals surface area contributed by atoms with Gasteiger partial charge in [-0.05, 0) is 18.2 Å². The summed E-state index contributed by atoms with van der Waals surface area (Å²) in [6.45, 7) is -0.0601. The summed E-state index contributed by atoms with van der Waals surface area (Å²) in [7, 11) is 1.54. The van der Waals surface area contributed by atoms with Gasteiger partial charge in [-0.3, -0.25) is 0 Å². The Bertz CT molecular complexity index is 501. The fourth-order valence-electron chi connectivity index (χ4n) is 1.15. The molecule has 0 fully saturated rings. The minimum Gasteiger partial charge on any atom is -0.497 e. The summed E-state index contributed by atoms with van der Waals surface area (Å²) < 4.78 is 10.3. The fraction of sp³-hybridized carbons (Fsp3) is 0.182. The van der Waals surface area contributed by atoms with Crippen LogP contribution in [0.4, 0.5) is 0 Å². The van der Waals surface area contributed by atoms with Crippen molar-refractivity contribution >= 4 is 12.2 Å². The van der Waals surface area contributed by atoms with Gasteiger partial charge in [0.05, 0.1) is 13.3 Å². The van der Waals surface area contributed by atoms with Crippen LogP contribution in [0.1, 0.15) is 5.56 Å². The maximum atomic E-state index is 8.48. The van der Waals surface area contributed by atoms with Crippen LogP contribution >= 0.6 is 0 Å². The highest BCUT2D eigenvalue weighted by molar-refractivity contribution is 5.85. The molecule has 7 heteroatoms. The summed E-state index contributed by atoms with van der Waals surface area (Å²) in [5, 5.41) is 15.6. The van der Waals surface area contributed by atoms with E-state index < -0.39 is 0 Å². The third-order valence-electron chi connectivity index (χ3n) is 1.88. The minimum absolute atomic E-state index is 0.0601. The Morgan fingerprint density at radius 2 is 2.28 bits per heavy atom. The van der Waals surface area contributed by atoms with Crippen LogP contribution in [0.25, 0.3) is 0 Å². The normalized spacial score (nSPS) is 9.78. The molecule has 0 aromatic heterocycles. The highest BCUT2D eigenvalue weighted by atomic mass is 16.5. The van der Waals surface area contributed by atoms with Crippen molar-refractivity contribution in [3.05, 3.63) is 23.8 Å². The van der Waals surface area contributed by atoms with Crippen molar-refractivity contribution in [2.75, 3.05) is 13.7 Å². The summed E-state index contributed by atoms with van der Waals surface area (Å²) in [4.78, 5) is 0. The van der Waals surface area contributed by atoms with E-state index in [9.17, 15) is 0 Å². The van der Waals surface area contributed by atoms with Crippen molar-refractivity contribution < 1.29 is 9.47 Å². The number of nitrogens with two attached hydrogens (primary N) is 2. The number of benzene rings is 1. The van der Waals surface area contributed by atoms with Crippen molar-refractivity contribution in [3.8, 4) is 17.6 Å². The zero-order valence-corrected chi connectivity index (χ0v) is 9.83. The number of methoxy groups -OCH3 is 1. The minimum atomic E-state index is -0.145. The predicted molar refractivity (Wildman–Crippen MR) is 67.5 cm³/mol. The topological polar surface area (TPSA) is 119 Å². The van der Waals surface area contributed by atoms with Crippen LogP contribution in [0.5, 0.6) is 11.5 Å². The van der Waals surface area contributed by atoms with E-state index in [2.05, 4.69) is 10.2 Å². The quantitative estimate of drug-likeness (QED) is 0.437. The number of hydrogen-bond donors (Lipinski definition) is 2. The second-order valence-electron chi connectivity index (χ2n) is 3.12. The lowest BCUT2D eigenvalue weighted by Gasteiger charge is -2.07. The van der Waals surface area contributed by atoms with Gasteiger partial charge in [0.2, 0.25) is 5.96 Å². The largest absolute Gasteiger partial charge is 0.497 e. The zero-order chi connectivity index (χ0) is 13.4. The lowest BCUT2D eigenvalue weighted by atomic mass is 10.2. The fourth-order valence-corrected chi connectivity index (χ4v) is 1.15. The number of nitriles is 1. The van der Waals surface area contributed by atoms with Gasteiger partial charge < -0.3 is 20.9 Å². The van der Waals surface area contributed by atoms with Gasteiger partial charge in [0.25, 0.3) is 0 Å². The Morgan fingerprint density at radius 3 is 2.89 bits per heavy atom. The average Bonchev–Trinajstić information content (AvgIpc) is 2.36. The molecule has 0 radical (unpaired) electrons. The maximum absolute atomic E-state index is 8.48. The monoisotopic (exact) mass is 247 g/mol. The molecule has 4 N–H and O–H groups in total. The Labute approximate surface area is 104 Å². The SMILES string of the molecule is COc1ccc(OCC#N)c(C=NN=C(N)N)c1. The molecule has 0 aliphatic heterocycles. The molecular formula is C11H13N5O2. The molecule has 0 aliphatic carbocycles. The molecule has 1 rings (SSSR count). The van der Waals surface area contributed by atoms with Crippen LogP contribution in [0.2, 0.25) is 0 Å². The lowest BCUT2D eigenvalue weighted by molar-refractivity contribution is 0.365. The van der Waals surface area contributed by atoms with Crippen molar-refractivity contribution in [1.29, 1.82) is 5.26 Å². The van der Waals surface area contributed by atoms with Gasteiger partial charge in [-0.1, -0.05) is 0 Å². The highest BCUT2D eigenvalue weighted by Gasteiger charge is 2.03. The van der Waals surface area contributed by atoms with Gasteiger partial charge in [0, 0.05) is 5.56 Å². The van der Waals surface area contributed by atoms with E-state index >= 15 is 0 Å². The number of rotatable bonds is 5. The van der Waals surface area contributed by atoms with Crippen LogP contribution in [-0.2, 0) is 0 Å². The van der Waals surface area contributed by atoms with Crippen LogP contribution in [0.15, 0.2) is 28.4 Å². The molecule has 0 saturated heterocycles. The molecule has 0 saturated carbocycles. The molecule has 0 heterocycles. The summed E-state index contributed by atoms with van der Waals surface area (Å²) in [6, 6.07) is 6.96. The number of ether oxygens (including phenoxy) is 2. The number of hydrogen-bond acceptors (Lipinski definition) is 5. The smallest absolute Gasteiger partial charge is 0.211 e. The predicted octanol–water partition coefficient (Wildman–Crippen LogP) is 0.205. The maximum Gasteiger partial charge on any atom is 0.211 e. The van der Waals surface area contributed by atoms with Crippen molar-refractivity contribution in [1.82, 2.24) is 0 Å². The van der Waals surface area contributed by atoms with Crippen molar-refractivity contribution in [3.63, 3.8) is 0 Å². The van der Waals surface area contributed by atoms with Crippen molar-refractivity contribution in [2.24, 2.45) is 21.7 Å². The van der Waals surface area contributed by atoms with E-state index in [-0.39, 0.29) is 12.6 Å². The van der Waals surface area contributed by atoms with Crippen LogP contribution in [0.3, 0.4) is 0 Å². The standard InChI is InChI=1S/C11H13N5O2/c1-17-9-2-3-10(18-5-4-12)8(6-9)7-15-16-11(13)14/h2-3,6-7H,5H2,1H3,(H4,13,14,16). The Kier molecular flexibility index (Phi) is 4.99. The first-order valence-corrected chi connectivity index (χ1v) is 4.97. The van der Waals surface area contributed by atoms with E-state index in [4.69, 9.17) is 26.2 Å². The molecule has 0 atom stereocenters. The van der Waals surface area contributed by atoms with Crippen LogP contribution in [-0.4, -0.2) is 25.9 Å². The molecule has 0 aliphatic rings. The van der Waals surface area contributed by atoms with Crippen LogP contribution in [0, 0.1) is 11.3 Å². The zero-order valence-electron chi connectivity index (χ0n) is 9.83. The molecule has 1 aromatic rings. The highest BCUT2D eigenvalue weighted by Crippen LogP contribution is 2.22. The van der Waals surface area contributed by atoms with E-state index in [1.165, 1.54) is 6.21 Å². The van der Waals surface area contributed by atoms with Gasteiger partial charge in [-0.25, -0.2) is 0 Å². The first-order chi connectivity index (χ1) is 8.67. The summed E-state index contributed by atoms with van der Waals surface area (Å²) in [5.41, 5.74) is 10.9. The molecular weight excluding hydrogens is 234 g/mol. The Morgan fingerprint density at radius 1 is 1.50 bits per heavy atom. The van der Waals surface area contributed by atoms with E-state index in [1.54, 1.807) is 25.3 Å². The number of guanidine groups is 1. The van der Waals surface area contributed by atoms with Gasteiger partial charge >= 0.3 is 0 Å². The second kappa shape index (κ2) is 6.75. The molecule has 0 amide bonds. The van der Waals surface area contributed by atoms with Crippen LogP contribution < -0.4 is 20.9 Å². The van der Waals surface area contributed by atoms with E-state index in [1.807, 2.05) is 6.07 Å². The Hall–Kier alpha value is -2.75. The summed E-state index contributed by atoms with van der Waals surface area (Å²) >= 11 is 0. The summed E-state index contributed by atoms with van der Waals surface area (Å²) in [5.74, 6) is 0.978. The molecule has 18 heavy (non-hydrogen) atoms. The molecule has 1 aromatic carbocycles. The van der Waals surface area contributed by atoms with Gasteiger partial charge in [-0.15, -0.1) is 5.10 Å². The lowest BCUT2D eigenvalue weighted by Crippen LogP contribution is -2.21. The average molecular weight is 247 g/mol. The van der Waals surface area contributed by atoms with E-state index in [0.717, 1.165) is 0 Å². The molecule has 0 unspecified atom stereocenters. The Balaban J connectivity index is 3.00. The van der Waals surface area contributed by atoms with Crippen molar-refractivity contribution in [2.45, 2.75) is 0 Å². The second-order valence-corrected chi connectivity index (χ2v) is 3.12. The molecule has 0 bridgehead atoms. The number of nitrogens with zero attached hydrogens (tertiary/aromatic N) is 3. The molecule has 7 nitrogen and oxygen atoms in total. The van der Waals surface area contributed by atoms with Gasteiger partial charge in [0.15, 0.2) is 6.61 Å². The third-order valence-corrected chi connectivity index (χ3v) is 1.88. The first-order valence-electron chi connectivity index (χ1n) is 4.97. The third kappa shape index (κ3) is 4.02. The summed E-state index contributed by atoms with van der Waals surface area (Å²) in [6.07, 6.45) is 1.41. The van der Waals surface area contributed by atoms with Gasteiger partial charge in [0.1, 0.15) is 17.6 Å².